The van der Waals surface area contributed by atoms with Gasteiger partial charge in [0.05, 0.1) is 29.3 Å². The number of benzene rings is 1. The van der Waals surface area contributed by atoms with Gasteiger partial charge in [0.25, 0.3) is 5.91 Å². The second-order valence-corrected chi connectivity index (χ2v) is 7.14. The van der Waals surface area contributed by atoms with E-state index in [-0.39, 0.29) is 12.0 Å². The number of hydrogen-bond donors (Lipinski definition) is 0. The third-order valence-corrected chi connectivity index (χ3v) is 5.15. The van der Waals surface area contributed by atoms with E-state index in [4.69, 9.17) is 4.74 Å². The van der Waals surface area contributed by atoms with Gasteiger partial charge in [-0.05, 0) is 26.0 Å². The van der Waals surface area contributed by atoms with Crippen molar-refractivity contribution in [1.82, 2.24) is 14.9 Å². The number of carbonyl (C=O) groups excluding carboxylic acids is 1. The van der Waals surface area contributed by atoms with Gasteiger partial charge in [-0.25, -0.2) is 9.97 Å². The highest BCUT2D eigenvalue weighted by Crippen LogP contribution is 2.24. The molecular weight excluding hydrogens is 322 g/mol. The fraction of sp³-hybridized carbons (Fsp3) is 0.278. The Bertz CT molecular complexity index is 916. The fourth-order valence-corrected chi connectivity index (χ4v) is 3.72. The van der Waals surface area contributed by atoms with Gasteiger partial charge in [0.1, 0.15) is 11.0 Å². The standard InChI is InChI=1S/C18H17N3O2S/c1-11-17(24-12(2)19-11)18(22)21-9-14(10-21)23-16-8-7-13-5-3-4-6-15(13)20-16/h3-8,14H,9-10H2,1-2H3. The van der Waals surface area contributed by atoms with Crippen LogP contribution in [0.3, 0.4) is 0 Å². The number of fused-ring (bicyclic) bond motifs is 1. The van der Waals surface area contributed by atoms with Crippen LogP contribution >= 0.6 is 11.3 Å². The van der Waals surface area contributed by atoms with Crippen LogP contribution in [-0.4, -0.2) is 40.0 Å². The summed E-state index contributed by atoms with van der Waals surface area (Å²) in [6, 6.07) is 11.8. The second kappa shape index (κ2) is 5.87. The van der Waals surface area contributed by atoms with Gasteiger partial charge in [-0.15, -0.1) is 11.3 Å². The maximum atomic E-state index is 12.5. The zero-order valence-electron chi connectivity index (χ0n) is 13.5. The van der Waals surface area contributed by atoms with Crippen LogP contribution in [0, 0.1) is 13.8 Å². The summed E-state index contributed by atoms with van der Waals surface area (Å²) in [6.45, 7) is 4.97. The van der Waals surface area contributed by atoms with Gasteiger partial charge in [0.2, 0.25) is 5.88 Å². The van der Waals surface area contributed by atoms with Crippen molar-refractivity contribution in [2.24, 2.45) is 0 Å². The molecule has 0 bridgehead atoms. The van der Waals surface area contributed by atoms with Gasteiger partial charge in [-0.2, -0.15) is 0 Å². The molecule has 122 valence electrons. The second-order valence-electron chi connectivity index (χ2n) is 5.94. The summed E-state index contributed by atoms with van der Waals surface area (Å²) in [5, 5.41) is 2.01. The molecule has 2 aromatic heterocycles. The van der Waals surface area contributed by atoms with Gasteiger partial charge < -0.3 is 9.64 Å². The Balaban J connectivity index is 1.40. The summed E-state index contributed by atoms with van der Waals surface area (Å²) in [7, 11) is 0. The Morgan fingerprint density at radius 2 is 1.96 bits per heavy atom. The largest absolute Gasteiger partial charge is 0.471 e. The molecule has 0 aliphatic carbocycles. The average molecular weight is 339 g/mol. The van der Waals surface area contributed by atoms with Crippen molar-refractivity contribution in [2.75, 3.05) is 13.1 Å². The van der Waals surface area contributed by atoms with Crippen molar-refractivity contribution in [2.45, 2.75) is 20.0 Å². The summed E-state index contributed by atoms with van der Waals surface area (Å²) >= 11 is 1.45. The Hall–Kier alpha value is -2.47. The number of aryl methyl sites for hydroxylation is 2. The number of thiazole rings is 1. The highest BCUT2D eigenvalue weighted by atomic mass is 32.1. The molecule has 1 saturated heterocycles. The first-order valence-corrected chi connectivity index (χ1v) is 8.67. The van der Waals surface area contributed by atoms with Crippen LogP contribution in [0.4, 0.5) is 0 Å². The van der Waals surface area contributed by atoms with Crippen LogP contribution < -0.4 is 4.74 Å². The van der Waals surface area contributed by atoms with Gasteiger partial charge in [0.15, 0.2) is 0 Å². The van der Waals surface area contributed by atoms with Gasteiger partial charge in [-0.3, -0.25) is 4.79 Å². The van der Waals surface area contributed by atoms with E-state index < -0.39 is 0 Å². The van der Waals surface area contributed by atoms with E-state index in [0.717, 1.165) is 26.5 Å². The molecule has 1 aliphatic rings. The highest BCUT2D eigenvalue weighted by Gasteiger charge is 2.34. The van der Waals surface area contributed by atoms with Crippen molar-refractivity contribution < 1.29 is 9.53 Å². The topological polar surface area (TPSA) is 55.3 Å². The van der Waals surface area contributed by atoms with Crippen LogP contribution in [0.15, 0.2) is 36.4 Å². The van der Waals surface area contributed by atoms with E-state index in [1.165, 1.54) is 11.3 Å². The predicted octanol–water partition coefficient (Wildman–Crippen LogP) is 3.21. The van der Waals surface area contributed by atoms with Gasteiger partial charge >= 0.3 is 0 Å². The number of likely N-dealkylation sites (tertiary alicyclic amines) is 1. The molecule has 1 fully saturated rings. The molecule has 6 heteroatoms. The number of para-hydroxylation sites is 1. The molecule has 0 saturated carbocycles. The summed E-state index contributed by atoms with van der Waals surface area (Å²) < 4.78 is 5.89. The first kappa shape index (κ1) is 15.1. The number of ether oxygens (including phenoxy) is 1. The first-order chi connectivity index (χ1) is 11.6. The van der Waals surface area contributed by atoms with Crippen LogP contribution in [0.2, 0.25) is 0 Å². The molecule has 24 heavy (non-hydrogen) atoms. The van der Waals surface area contributed by atoms with Crippen molar-refractivity contribution >= 4 is 28.1 Å². The number of rotatable bonds is 3. The van der Waals surface area contributed by atoms with E-state index in [2.05, 4.69) is 9.97 Å². The quantitative estimate of drug-likeness (QED) is 0.735. The molecule has 0 radical (unpaired) electrons. The zero-order chi connectivity index (χ0) is 16.7. The number of hydrogen-bond acceptors (Lipinski definition) is 5. The summed E-state index contributed by atoms with van der Waals surface area (Å²) in [6.07, 6.45) is -0.00284. The minimum atomic E-state index is -0.00284. The maximum Gasteiger partial charge on any atom is 0.266 e. The molecule has 0 spiro atoms. The van der Waals surface area contributed by atoms with Gasteiger partial charge in [0, 0.05) is 11.5 Å². The van der Waals surface area contributed by atoms with Crippen molar-refractivity contribution in [3.8, 4) is 5.88 Å². The molecule has 3 heterocycles. The zero-order valence-corrected chi connectivity index (χ0v) is 14.3. The summed E-state index contributed by atoms with van der Waals surface area (Å²) in [5.41, 5.74) is 1.72. The minimum Gasteiger partial charge on any atom is -0.471 e. The normalized spacial score (nSPS) is 14.7. The Morgan fingerprint density at radius 1 is 1.17 bits per heavy atom. The lowest BCUT2D eigenvalue weighted by Crippen LogP contribution is -2.56. The number of pyridine rings is 1. The van der Waals surface area contributed by atoms with Gasteiger partial charge in [-0.1, -0.05) is 18.2 Å². The van der Waals surface area contributed by atoms with Crippen LogP contribution in [-0.2, 0) is 0 Å². The van der Waals surface area contributed by atoms with Crippen molar-refractivity contribution in [1.29, 1.82) is 0 Å². The molecule has 1 amide bonds. The highest BCUT2D eigenvalue weighted by molar-refractivity contribution is 7.13. The number of aromatic nitrogens is 2. The molecule has 0 atom stereocenters. The molecule has 5 nitrogen and oxygen atoms in total. The monoisotopic (exact) mass is 339 g/mol. The lowest BCUT2D eigenvalue weighted by Gasteiger charge is -2.38. The lowest BCUT2D eigenvalue weighted by atomic mass is 10.1. The van der Waals surface area contributed by atoms with E-state index in [0.29, 0.717) is 19.0 Å². The van der Waals surface area contributed by atoms with Crippen molar-refractivity contribution in [3.05, 3.63) is 52.0 Å². The maximum absolute atomic E-state index is 12.5. The summed E-state index contributed by atoms with van der Waals surface area (Å²) in [5.74, 6) is 0.653. The third kappa shape index (κ3) is 2.73. The molecular formula is C18H17N3O2S. The molecule has 1 aliphatic heterocycles. The lowest BCUT2D eigenvalue weighted by molar-refractivity contribution is 0.0164. The van der Waals surface area contributed by atoms with E-state index in [1.807, 2.05) is 50.2 Å². The van der Waals surface area contributed by atoms with E-state index in [1.54, 1.807) is 4.90 Å². The molecule has 0 unspecified atom stereocenters. The predicted molar refractivity (Wildman–Crippen MR) is 93.7 cm³/mol. The Labute approximate surface area is 143 Å². The van der Waals surface area contributed by atoms with Crippen LogP contribution in [0.5, 0.6) is 5.88 Å². The molecule has 0 N–H and O–H groups in total. The molecule has 1 aromatic carbocycles. The average Bonchev–Trinajstić information content (AvgIpc) is 2.88. The third-order valence-electron chi connectivity index (χ3n) is 4.09. The SMILES string of the molecule is Cc1nc(C)c(C(=O)N2CC(Oc3ccc4ccccc4n3)C2)s1. The fourth-order valence-electron chi connectivity index (χ4n) is 2.84. The number of carbonyl (C=O) groups is 1. The first-order valence-electron chi connectivity index (χ1n) is 7.86. The summed E-state index contributed by atoms with van der Waals surface area (Å²) in [4.78, 5) is 23.8. The smallest absolute Gasteiger partial charge is 0.266 e. The van der Waals surface area contributed by atoms with E-state index in [9.17, 15) is 4.79 Å². The Kier molecular flexibility index (Phi) is 3.69. The van der Waals surface area contributed by atoms with E-state index >= 15 is 0 Å². The molecule has 3 aromatic rings. The number of amides is 1. The minimum absolute atomic E-state index is 0.00284. The van der Waals surface area contributed by atoms with Crippen molar-refractivity contribution in [3.63, 3.8) is 0 Å². The number of nitrogens with zero attached hydrogens (tertiary/aromatic N) is 3. The molecule has 4 rings (SSSR count). The Morgan fingerprint density at radius 3 is 2.71 bits per heavy atom. The van der Waals surface area contributed by atoms with Crippen LogP contribution in [0.25, 0.3) is 10.9 Å². The van der Waals surface area contributed by atoms with Crippen LogP contribution in [0.1, 0.15) is 20.4 Å².